The lowest BCUT2D eigenvalue weighted by molar-refractivity contribution is 0.00578. The Hall–Kier alpha value is -1.30. The average molecular weight is 429 g/mol. The molecule has 2 aliphatic heterocycles. The van der Waals surface area contributed by atoms with Crippen molar-refractivity contribution in [3.8, 4) is 5.75 Å². The van der Waals surface area contributed by atoms with Crippen molar-refractivity contribution >= 4 is 12.6 Å². The van der Waals surface area contributed by atoms with Crippen molar-refractivity contribution in [2.75, 3.05) is 19.7 Å². The fourth-order valence-electron chi connectivity index (χ4n) is 4.17. The Labute approximate surface area is 191 Å². The Kier molecular flexibility index (Phi) is 9.66. The van der Waals surface area contributed by atoms with Gasteiger partial charge in [0.15, 0.2) is 0 Å². The molecule has 1 saturated heterocycles. The minimum Gasteiger partial charge on any atom is -0.492 e. The van der Waals surface area contributed by atoms with Gasteiger partial charge in [-0.1, -0.05) is 32.4 Å². The third-order valence-corrected chi connectivity index (χ3v) is 6.99. The summed E-state index contributed by atoms with van der Waals surface area (Å²) >= 11 is 0. The summed E-state index contributed by atoms with van der Waals surface area (Å²) in [4.78, 5) is 2.65. The van der Waals surface area contributed by atoms with Gasteiger partial charge in [0.05, 0.1) is 11.2 Å². The summed E-state index contributed by atoms with van der Waals surface area (Å²) in [7, 11) is -0.328. The molecule has 1 aliphatic carbocycles. The van der Waals surface area contributed by atoms with E-state index in [2.05, 4.69) is 64.0 Å². The van der Waals surface area contributed by atoms with Crippen molar-refractivity contribution in [3.63, 3.8) is 0 Å². The molecule has 0 amide bonds. The number of fused-ring (bicyclic) bond motifs is 1. The zero-order chi connectivity index (χ0) is 23.1. The third-order valence-electron chi connectivity index (χ3n) is 6.99. The average Bonchev–Trinajstić information content (AvgIpc) is 2.95. The van der Waals surface area contributed by atoms with Gasteiger partial charge < -0.3 is 14.0 Å². The van der Waals surface area contributed by atoms with Crippen LogP contribution in [-0.2, 0) is 15.7 Å². The monoisotopic (exact) mass is 429 g/mol. The van der Waals surface area contributed by atoms with Gasteiger partial charge in [-0.15, -0.1) is 13.2 Å². The molecule has 2 heterocycles. The first-order valence-electron chi connectivity index (χ1n) is 12.2. The van der Waals surface area contributed by atoms with Crippen molar-refractivity contribution < 1.29 is 14.0 Å². The van der Waals surface area contributed by atoms with Gasteiger partial charge in [-0.05, 0) is 83.4 Å². The summed E-state index contributed by atoms with van der Waals surface area (Å²) in [5, 5.41) is 0. The SMILES string of the molecule is C=C.CC.CC1(C)OB(c2ccc3c(c2)OCCN(C2CCC2)CCCC3)OC1(C)C. The van der Waals surface area contributed by atoms with Crippen LogP contribution in [0.4, 0.5) is 0 Å². The van der Waals surface area contributed by atoms with E-state index in [4.69, 9.17) is 14.0 Å². The molecule has 174 valence electrons. The minimum atomic E-state index is -0.328. The predicted octanol–water partition coefficient (Wildman–Crippen LogP) is 5.38. The highest BCUT2D eigenvalue weighted by molar-refractivity contribution is 6.62. The van der Waals surface area contributed by atoms with Crippen LogP contribution in [0.25, 0.3) is 0 Å². The van der Waals surface area contributed by atoms with Gasteiger partial charge in [0, 0.05) is 12.6 Å². The summed E-state index contributed by atoms with van der Waals surface area (Å²) in [6.45, 7) is 21.4. The molecule has 0 radical (unpaired) electrons. The maximum Gasteiger partial charge on any atom is 0.494 e. The van der Waals surface area contributed by atoms with E-state index >= 15 is 0 Å². The molecule has 31 heavy (non-hydrogen) atoms. The smallest absolute Gasteiger partial charge is 0.492 e. The second kappa shape index (κ2) is 11.5. The molecule has 0 unspecified atom stereocenters. The van der Waals surface area contributed by atoms with Crippen molar-refractivity contribution in [3.05, 3.63) is 36.9 Å². The molecule has 0 bridgehead atoms. The van der Waals surface area contributed by atoms with Gasteiger partial charge in [-0.3, -0.25) is 4.90 Å². The number of aryl methyl sites for hydroxylation is 1. The quantitative estimate of drug-likeness (QED) is 0.466. The molecule has 1 aromatic carbocycles. The number of hydrogen-bond donors (Lipinski definition) is 0. The van der Waals surface area contributed by atoms with Crippen LogP contribution < -0.4 is 10.2 Å². The molecule has 0 spiro atoms. The normalized spacial score (nSPS) is 23.1. The highest BCUT2D eigenvalue weighted by Gasteiger charge is 2.51. The summed E-state index contributed by atoms with van der Waals surface area (Å²) < 4.78 is 18.7. The molecule has 1 saturated carbocycles. The minimum absolute atomic E-state index is 0.318. The topological polar surface area (TPSA) is 30.9 Å². The zero-order valence-electron chi connectivity index (χ0n) is 20.8. The second-order valence-electron chi connectivity index (χ2n) is 9.38. The number of hydrogen-bond acceptors (Lipinski definition) is 4. The molecule has 4 rings (SSSR count). The van der Waals surface area contributed by atoms with E-state index in [1.165, 1.54) is 44.2 Å². The van der Waals surface area contributed by atoms with E-state index in [-0.39, 0.29) is 18.3 Å². The first kappa shape index (κ1) is 26.0. The lowest BCUT2D eigenvalue weighted by atomic mass is 9.78. The van der Waals surface area contributed by atoms with Gasteiger partial charge in [0.1, 0.15) is 12.4 Å². The molecule has 2 fully saturated rings. The van der Waals surface area contributed by atoms with Crippen molar-refractivity contribution in [1.29, 1.82) is 0 Å². The molecule has 3 aliphatic rings. The van der Waals surface area contributed by atoms with Crippen molar-refractivity contribution in [2.45, 2.75) is 97.3 Å². The Morgan fingerprint density at radius 3 is 2.16 bits per heavy atom. The lowest BCUT2D eigenvalue weighted by Gasteiger charge is -2.38. The maximum atomic E-state index is 6.26. The highest BCUT2D eigenvalue weighted by atomic mass is 16.7. The molecule has 4 nitrogen and oxygen atoms in total. The number of ether oxygens (including phenoxy) is 1. The molecule has 0 atom stereocenters. The van der Waals surface area contributed by atoms with Crippen LogP contribution in [0.5, 0.6) is 5.75 Å². The van der Waals surface area contributed by atoms with Crippen molar-refractivity contribution in [1.82, 2.24) is 4.90 Å². The van der Waals surface area contributed by atoms with Gasteiger partial charge in [-0.25, -0.2) is 0 Å². The Bertz CT molecular complexity index is 671. The molecular formula is C26H44BNO3. The molecule has 5 heteroatoms. The van der Waals surface area contributed by atoms with Gasteiger partial charge >= 0.3 is 7.12 Å². The van der Waals surface area contributed by atoms with Crippen molar-refractivity contribution in [2.24, 2.45) is 0 Å². The summed E-state index contributed by atoms with van der Waals surface area (Å²) in [5.74, 6) is 1.01. The standard InChI is InChI=1S/C22H34BNO3.C2H6.C2H4/c1-21(2)22(3,4)27-23(26-21)18-12-11-17-8-5-6-13-24(19-9-7-10-19)14-15-25-20(17)16-18;2*1-2/h11-12,16,19H,5-10,13-15H2,1-4H3;1-2H3;1-2H2. The predicted molar refractivity (Wildman–Crippen MR) is 132 cm³/mol. The van der Waals surface area contributed by atoms with Crippen LogP contribution in [0.3, 0.4) is 0 Å². The maximum absolute atomic E-state index is 6.26. The van der Waals surface area contributed by atoms with E-state index < -0.39 is 0 Å². The summed E-state index contributed by atoms with van der Waals surface area (Å²) in [6, 6.07) is 7.30. The van der Waals surface area contributed by atoms with Crippen LogP contribution in [0, 0.1) is 0 Å². The number of rotatable bonds is 2. The lowest BCUT2D eigenvalue weighted by Crippen LogP contribution is -2.43. The number of benzene rings is 1. The van der Waals surface area contributed by atoms with Gasteiger partial charge in [0.2, 0.25) is 0 Å². The molecule has 0 aromatic heterocycles. The van der Waals surface area contributed by atoms with E-state index in [0.29, 0.717) is 0 Å². The van der Waals surface area contributed by atoms with E-state index in [0.717, 1.165) is 36.8 Å². The Morgan fingerprint density at radius 1 is 0.935 bits per heavy atom. The summed E-state index contributed by atoms with van der Waals surface area (Å²) in [5.41, 5.74) is 1.73. The molecule has 0 N–H and O–H groups in total. The fraction of sp³-hybridized carbons (Fsp3) is 0.692. The van der Waals surface area contributed by atoms with E-state index in [9.17, 15) is 0 Å². The summed E-state index contributed by atoms with van der Waals surface area (Å²) in [6.07, 6.45) is 7.69. The van der Waals surface area contributed by atoms with Crippen LogP contribution in [0.1, 0.15) is 79.2 Å². The third kappa shape index (κ3) is 6.15. The van der Waals surface area contributed by atoms with Crippen LogP contribution in [0.15, 0.2) is 31.4 Å². The fourth-order valence-corrected chi connectivity index (χ4v) is 4.17. The first-order valence-corrected chi connectivity index (χ1v) is 12.2. The van der Waals surface area contributed by atoms with Crippen LogP contribution in [0.2, 0.25) is 0 Å². The second-order valence-corrected chi connectivity index (χ2v) is 9.38. The Morgan fingerprint density at radius 2 is 1.58 bits per heavy atom. The first-order chi connectivity index (χ1) is 14.9. The number of nitrogens with zero attached hydrogens (tertiary/aromatic N) is 1. The zero-order valence-corrected chi connectivity index (χ0v) is 20.8. The highest BCUT2D eigenvalue weighted by Crippen LogP contribution is 2.37. The van der Waals surface area contributed by atoms with Crippen LogP contribution >= 0.6 is 0 Å². The van der Waals surface area contributed by atoms with E-state index in [1.807, 2.05) is 13.8 Å². The van der Waals surface area contributed by atoms with Gasteiger partial charge in [-0.2, -0.15) is 0 Å². The largest absolute Gasteiger partial charge is 0.494 e. The molecule has 1 aromatic rings. The Balaban J connectivity index is 0.000000807. The van der Waals surface area contributed by atoms with Crippen LogP contribution in [-0.4, -0.2) is 49.0 Å². The molecular weight excluding hydrogens is 385 g/mol. The van der Waals surface area contributed by atoms with E-state index in [1.54, 1.807) is 0 Å². The van der Waals surface area contributed by atoms with Gasteiger partial charge in [0.25, 0.3) is 0 Å².